The van der Waals surface area contributed by atoms with Gasteiger partial charge in [-0.05, 0) is 44.9 Å². The van der Waals surface area contributed by atoms with Crippen molar-refractivity contribution in [1.82, 2.24) is 15.2 Å². The predicted molar refractivity (Wildman–Crippen MR) is 116 cm³/mol. The maximum Gasteiger partial charge on any atom is 0.277 e. The first-order valence-corrected chi connectivity index (χ1v) is 10.3. The van der Waals surface area contributed by atoms with Crippen molar-refractivity contribution in [2.45, 2.75) is 38.2 Å². The zero-order valence-corrected chi connectivity index (χ0v) is 17.6. The van der Waals surface area contributed by atoms with Crippen LogP contribution in [0.5, 0.6) is 0 Å². The van der Waals surface area contributed by atoms with Gasteiger partial charge in [0.25, 0.3) is 11.1 Å². The van der Waals surface area contributed by atoms with Crippen LogP contribution < -0.4 is 5.32 Å². The number of para-hydroxylation sites is 1. The number of hydrogen-bond acceptors (Lipinski definition) is 5. The first-order chi connectivity index (χ1) is 13.9. The number of amides is 1. The third-order valence-corrected chi connectivity index (χ3v) is 5.73. The van der Waals surface area contributed by atoms with Crippen molar-refractivity contribution in [3.63, 3.8) is 0 Å². The summed E-state index contributed by atoms with van der Waals surface area (Å²) in [4.78, 5) is 15.9. The summed E-state index contributed by atoms with van der Waals surface area (Å²) >= 11 is 1.25. The maximum absolute atomic E-state index is 12.7. The standard InChI is InChI=1S/C22H22N4O2S/c1-12-9-13(2)19(14(3)10-12)24-20(27)15(4)29-22-26-25-21(28-22)17-11-23-18-8-6-5-7-16(17)18/h5-11,15,23H,1-4H3,(H,24,27)/t15-/m1/s1. The number of thioether (sulfide) groups is 1. The van der Waals surface area contributed by atoms with Crippen LogP contribution in [0.2, 0.25) is 0 Å². The minimum absolute atomic E-state index is 0.100. The molecule has 2 heterocycles. The molecule has 0 unspecified atom stereocenters. The van der Waals surface area contributed by atoms with Gasteiger partial charge in [0.15, 0.2) is 0 Å². The monoisotopic (exact) mass is 406 g/mol. The molecule has 0 radical (unpaired) electrons. The lowest BCUT2D eigenvalue weighted by Gasteiger charge is -2.15. The van der Waals surface area contributed by atoms with Crippen molar-refractivity contribution < 1.29 is 9.21 Å². The molecule has 148 valence electrons. The van der Waals surface area contributed by atoms with E-state index in [1.165, 1.54) is 17.3 Å². The van der Waals surface area contributed by atoms with E-state index in [0.717, 1.165) is 33.3 Å². The van der Waals surface area contributed by atoms with Gasteiger partial charge in [-0.25, -0.2) is 0 Å². The summed E-state index contributed by atoms with van der Waals surface area (Å²) in [5, 5.41) is 12.3. The number of rotatable bonds is 5. The normalized spacial score (nSPS) is 12.3. The Kier molecular flexibility index (Phi) is 5.15. The van der Waals surface area contributed by atoms with Crippen LogP contribution in [0.15, 0.2) is 52.2 Å². The molecule has 1 amide bonds. The Hall–Kier alpha value is -3.06. The highest BCUT2D eigenvalue weighted by atomic mass is 32.2. The molecule has 1 atom stereocenters. The number of carbonyl (C=O) groups excluding carboxylic acids is 1. The highest BCUT2D eigenvalue weighted by Gasteiger charge is 2.21. The van der Waals surface area contributed by atoms with E-state index in [1.807, 2.05) is 58.2 Å². The lowest BCUT2D eigenvalue weighted by molar-refractivity contribution is -0.115. The molecule has 6 nitrogen and oxygen atoms in total. The number of benzene rings is 2. The van der Waals surface area contributed by atoms with E-state index < -0.39 is 0 Å². The SMILES string of the molecule is Cc1cc(C)c(NC(=O)[C@@H](C)Sc2nnc(-c3c[nH]c4ccccc34)o2)c(C)c1. The quantitative estimate of drug-likeness (QED) is 0.442. The number of hydrogen-bond donors (Lipinski definition) is 2. The lowest BCUT2D eigenvalue weighted by atomic mass is 10.1. The fraction of sp³-hybridized carbons (Fsp3) is 0.227. The van der Waals surface area contributed by atoms with E-state index in [4.69, 9.17) is 4.42 Å². The number of aromatic amines is 1. The average molecular weight is 407 g/mol. The first kappa shape index (κ1) is 19.3. The van der Waals surface area contributed by atoms with Crippen molar-refractivity contribution in [2.75, 3.05) is 5.32 Å². The van der Waals surface area contributed by atoms with Gasteiger partial charge in [-0.15, -0.1) is 10.2 Å². The number of nitrogens with zero attached hydrogens (tertiary/aromatic N) is 2. The van der Waals surface area contributed by atoms with Crippen LogP contribution in [0.1, 0.15) is 23.6 Å². The molecule has 4 aromatic rings. The highest BCUT2D eigenvalue weighted by Crippen LogP contribution is 2.31. The molecule has 4 rings (SSSR count). The fourth-order valence-corrected chi connectivity index (χ4v) is 4.10. The van der Waals surface area contributed by atoms with Crippen molar-refractivity contribution in [2.24, 2.45) is 0 Å². The van der Waals surface area contributed by atoms with Gasteiger partial charge in [-0.2, -0.15) is 0 Å². The maximum atomic E-state index is 12.7. The van der Waals surface area contributed by atoms with Crippen LogP contribution in [0.25, 0.3) is 22.4 Å². The van der Waals surface area contributed by atoms with Crippen LogP contribution in [0.4, 0.5) is 5.69 Å². The molecule has 7 heteroatoms. The Labute approximate surface area is 173 Å². The number of fused-ring (bicyclic) bond motifs is 1. The second kappa shape index (κ2) is 7.75. The van der Waals surface area contributed by atoms with Gasteiger partial charge in [-0.3, -0.25) is 4.79 Å². The second-order valence-corrected chi connectivity index (χ2v) is 8.44. The number of aromatic nitrogens is 3. The van der Waals surface area contributed by atoms with E-state index in [9.17, 15) is 4.79 Å². The Morgan fingerprint density at radius 2 is 1.86 bits per heavy atom. The van der Waals surface area contributed by atoms with Gasteiger partial charge in [0.2, 0.25) is 5.91 Å². The van der Waals surface area contributed by atoms with Crippen LogP contribution in [-0.4, -0.2) is 26.3 Å². The number of nitrogens with one attached hydrogen (secondary N) is 2. The average Bonchev–Trinajstić information content (AvgIpc) is 3.31. The zero-order valence-electron chi connectivity index (χ0n) is 16.7. The van der Waals surface area contributed by atoms with Crippen LogP contribution in [-0.2, 0) is 4.79 Å². The van der Waals surface area contributed by atoms with Crippen molar-refractivity contribution in [1.29, 1.82) is 0 Å². The molecule has 2 aromatic carbocycles. The molecule has 2 N–H and O–H groups in total. The van der Waals surface area contributed by atoms with Gasteiger partial charge in [0.05, 0.1) is 10.8 Å². The Morgan fingerprint density at radius 1 is 1.14 bits per heavy atom. The molecule has 0 fully saturated rings. The van der Waals surface area contributed by atoms with Crippen molar-refractivity contribution in [3.05, 3.63) is 59.3 Å². The molecule has 0 spiro atoms. The number of H-pyrrole nitrogens is 1. The lowest BCUT2D eigenvalue weighted by Crippen LogP contribution is -2.23. The van der Waals surface area contributed by atoms with Gasteiger partial charge >= 0.3 is 0 Å². The highest BCUT2D eigenvalue weighted by molar-refractivity contribution is 8.00. The Morgan fingerprint density at radius 3 is 2.62 bits per heavy atom. The van der Waals surface area contributed by atoms with E-state index in [0.29, 0.717) is 11.1 Å². The fourth-order valence-electron chi connectivity index (χ4n) is 3.42. The molecule has 0 aliphatic heterocycles. The summed E-state index contributed by atoms with van der Waals surface area (Å²) in [6.07, 6.45) is 1.85. The van der Waals surface area contributed by atoms with E-state index >= 15 is 0 Å². The summed E-state index contributed by atoms with van der Waals surface area (Å²) < 4.78 is 5.81. The summed E-state index contributed by atoms with van der Waals surface area (Å²) in [5.74, 6) is 0.333. The minimum atomic E-state index is -0.383. The molecule has 0 bridgehead atoms. The zero-order chi connectivity index (χ0) is 20.5. The second-order valence-electron chi connectivity index (χ2n) is 7.14. The van der Waals surface area contributed by atoms with Gasteiger partial charge in [-0.1, -0.05) is 47.7 Å². The number of aryl methyl sites for hydroxylation is 3. The van der Waals surface area contributed by atoms with Crippen molar-refractivity contribution >= 4 is 34.3 Å². The Bertz CT molecular complexity index is 1170. The molecular weight excluding hydrogens is 384 g/mol. The third kappa shape index (κ3) is 3.91. The van der Waals surface area contributed by atoms with Crippen LogP contribution >= 0.6 is 11.8 Å². The van der Waals surface area contributed by atoms with Crippen LogP contribution in [0, 0.1) is 20.8 Å². The summed E-state index contributed by atoms with van der Waals surface area (Å²) in [6, 6.07) is 12.0. The molecule has 0 aliphatic rings. The molecule has 0 aliphatic carbocycles. The van der Waals surface area contributed by atoms with E-state index in [2.05, 4.69) is 32.6 Å². The number of anilines is 1. The summed E-state index contributed by atoms with van der Waals surface area (Å²) in [6.45, 7) is 7.87. The molecule has 2 aromatic heterocycles. The van der Waals surface area contributed by atoms with Crippen molar-refractivity contribution in [3.8, 4) is 11.5 Å². The first-order valence-electron chi connectivity index (χ1n) is 9.37. The largest absolute Gasteiger partial charge is 0.411 e. The van der Waals surface area contributed by atoms with E-state index in [1.54, 1.807) is 0 Å². The number of carbonyl (C=O) groups is 1. The Balaban J connectivity index is 1.48. The summed E-state index contributed by atoms with van der Waals surface area (Å²) in [5.41, 5.74) is 5.99. The molecule has 0 saturated carbocycles. The summed E-state index contributed by atoms with van der Waals surface area (Å²) in [7, 11) is 0. The smallest absolute Gasteiger partial charge is 0.277 e. The molecule has 29 heavy (non-hydrogen) atoms. The van der Waals surface area contributed by atoms with Gasteiger partial charge in [0.1, 0.15) is 0 Å². The minimum Gasteiger partial charge on any atom is -0.411 e. The molecular formula is C22H22N4O2S. The topological polar surface area (TPSA) is 83.8 Å². The van der Waals surface area contributed by atoms with Crippen LogP contribution in [0.3, 0.4) is 0 Å². The third-order valence-electron chi connectivity index (χ3n) is 4.80. The van der Waals surface area contributed by atoms with Gasteiger partial charge in [0, 0.05) is 22.8 Å². The van der Waals surface area contributed by atoms with Gasteiger partial charge < -0.3 is 14.7 Å². The predicted octanol–water partition coefficient (Wildman–Crippen LogP) is 5.26. The van der Waals surface area contributed by atoms with E-state index in [-0.39, 0.29) is 11.2 Å². The molecule has 0 saturated heterocycles.